The second-order valence-corrected chi connectivity index (χ2v) is 7.24. The first kappa shape index (κ1) is 19.3. The summed E-state index contributed by atoms with van der Waals surface area (Å²) < 4.78 is 26.5. The Morgan fingerprint density at radius 2 is 2.00 bits per heavy atom. The van der Waals surface area contributed by atoms with Crippen molar-refractivity contribution in [3.8, 4) is 0 Å². The number of nitrogens with two attached hydrogens (primary N) is 1. The topological polar surface area (TPSA) is 75.4 Å². The summed E-state index contributed by atoms with van der Waals surface area (Å²) in [5.74, 6) is -2.04. The van der Waals surface area contributed by atoms with Gasteiger partial charge in [0.15, 0.2) is 11.6 Å². The summed E-state index contributed by atoms with van der Waals surface area (Å²) >= 11 is 0. The van der Waals surface area contributed by atoms with Crippen molar-refractivity contribution < 1.29 is 18.4 Å². The first-order valence-electron chi connectivity index (χ1n) is 8.43. The number of nitrogens with one attached hydrogen (secondary N) is 1. The van der Waals surface area contributed by atoms with Gasteiger partial charge in [-0.2, -0.15) is 0 Å². The average Bonchev–Trinajstić information content (AvgIpc) is 2.61. The Hall–Kier alpha value is -2.02. The summed E-state index contributed by atoms with van der Waals surface area (Å²) in [6, 6.07) is 3.10. The smallest absolute Gasteiger partial charge is 0.237 e. The zero-order valence-electron chi connectivity index (χ0n) is 14.6. The van der Waals surface area contributed by atoms with Crippen molar-refractivity contribution in [1.29, 1.82) is 0 Å². The second kappa shape index (κ2) is 7.91. The number of piperidine rings is 1. The van der Waals surface area contributed by atoms with Crippen LogP contribution in [0.1, 0.15) is 32.3 Å². The van der Waals surface area contributed by atoms with E-state index in [9.17, 15) is 18.4 Å². The number of nitrogens with zero attached hydrogens (tertiary/aromatic N) is 1. The molecule has 25 heavy (non-hydrogen) atoms. The molecule has 1 aromatic rings. The van der Waals surface area contributed by atoms with Gasteiger partial charge in [-0.05, 0) is 36.5 Å². The number of hydrogen-bond donors (Lipinski definition) is 2. The highest BCUT2D eigenvalue weighted by Gasteiger charge is 2.30. The van der Waals surface area contributed by atoms with E-state index < -0.39 is 23.1 Å². The molecular formula is C18H25F2N3O2. The Kier molecular flexibility index (Phi) is 6.11. The van der Waals surface area contributed by atoms with E-state index in [-0.39, 0.29) is 18.4 Å². The molecule has 0 radical (unpaired) electrons. The molecule has 7 heteroatoms. The zero-order valence-corrected chi connectivity index (χ0v) is 14.6. The number of halogens is 2. The van der Waals surface area contributed by atoms with E-state index in [1.54, 1.807) is 4.90 Å². The lowest BCUT2D eigenvalue weighted by Gasteiger charge is -2.33. The molecular weight excluding hydrogens is 328 g/mol. The van der Waals surface area contributed by atoms with Gasteiger partial charge in [-0.1, -0.05) is 19.9 Å². The van der Waals surface area contributed by atoms with Crippen molar-refractivity contribution in [1.82, 2.24) is 10.2 Å². The second-order valence-electron chi connectivity index (χ2n) is 7.24. The van der Waals surface area contributed by atoms with Crippen LogP contribution < -0.4 is 11.1 Å². The number of benzene rings is 1. The van der Waals surface area contributed by atoms with Gasteiger partial charge in [0.1, 0.15) is 0 Å². The van der Waals surface area contributed by atoms with E-state index in [0.29, 0.717) is 31.5 Å². The lowest BCUT2D eigenvalue weighted by Crippen LogP contribution is -2.51. The fourth-order valence-electron chi connectivity index (χ4n) is 3.04. The molecule has 1 atom stereocenters. The summed E-state index contributed by atoms with van der Waals surface area (Å²) in [4.78, 5) is 24.7. The maximum atomic E-state index is 13.4. The van der Waals surface area contributed by atoms with Gasteiger partial charge in [-0.3, -0.25) is 9.59 Å². The molecule has 0 spiro atoms. The van der Waals surface area contributed by atoms with Gasteiger partial charge in [-0.25, -0.2) is 8.78 Å². The van der Waals surface area contributed by atoms with Gasteiger partial charge in [0.05, 0.1) is 6.04 Å². The predicted octanol–water partition coefficient (Wildman–Crippen LogP) is 1.55. The van der Waals surface area contributed by atoms with Gasteiger partial charge in [0.25, 0.3) is 0 Å². The van der Waals surface area contributed by atoms with Crippen LogP contribution >= 0.6 is 0 Å². The molecule has 0 aromatic heterocycles. The van der Waals surface area contributed by atoms with E-state index >= 15 is 0 Å². The summed E-state index contributed by atoms with van der Waals surface area (Å²) in [5.41, 5.74) is 6.09. The number of rotatable bonds is 6. The van der Waals surface area contributed by atoms with Crippen LogP contribution in [0, 0.1) is 17.6 Å². The molecule has 1 fully saturated rings. The van der Waals surface area contributed by atoms with Crippen molar-refractivity contribution in [3.05, 3.63) is 35.4 Å². The molecule has 1 aromatic carbocycles. The molecule has 0 saturated carbocycles. The standard InChI is InChI=1S/C18H25F2N3O2/c1-18(2,13-3-4-14(19)15(20)9-13)10-22-17(25)16(21)12-5-7-23(11-24)8-6-12/h3-4,9,11-12,16H,5-8,10,21H2,1-2H3,(H,22,25). The summed E-state index contributed by atoms with van der Waals surface area (Å²) in [6.07, 6.45) is 2.20. The molecule has 0 aliphatic carbocycles. The van der Waals surface area contributed by atoms with E-state index in [2.05, 4.69) is 5.32 Å². The average molecular weight is 353 g/mol. The van der Waals surface area contributed by atoms with Gasteiger partial charge < -0.3 is 16.0 Å². The SMILES string of the molecule is CC(C)(CNC(=O)C(N)C1CCN(C=O)CC1)c1ccc(F)c(F)c1. The fourth-order valence-corrected chi connectivity index (χ4v) is 3.04. The molecule has 5 nitrogen and oxygen atoms in total. The third kappa shape index (κ3) is 4.75. The van der Waals surface area contributed by atoms with Crippen molar-refractivity contribution in [2.24, 2.45) is 11.7 Å². The van der Waals surface area contributed by atoms with Crippen LogP contribution in [-0.2, 0) is 15.0 Å². The minimum atomic E-state index is -0.907. The highest BCUT2D eigenvalue weighted by atomic mass is 19.2. The maximum Gasteiger partial charge on any atom is 0.237 e. The van der Waals surface area contributed by atoms with E-state index in [0.717, 1.165) is 18.5 Å². The number of likely N-dealkylation sites (tertiary alicyclic amines) is 1. The van der Waals surface area contributed by atoms with Crippen LogP contribution in [0.3, 0.4) is 0 Å². The van der Waals surface area contributed by atoms with E-state index in [1.165, 1.54) is 6.07 Å². The molecule has 1 heterocycles. The number of amides is 2. The molecule has 1 saturated heterocycles. The summed E-state index contributed by atoms with van der Waals surface area (Å²) in [5, 5.41) is 2.81. The minimum Gasteiger partial charge on any atom is -0.354 e. The number of carbonyl (C=O) groups excluding carboxylic acids is 2. The molecule has 138 valence electrons. The molecule has 1 aliphatic heterocycles. The molecule has 1 unspecified atom stereocenters. The predicted molar refractivity (Wildman–Crippen MR) is 90.7 cm³/mol. The molecule has 0 bridgehead atoms. The first-order valence-corrected chi connectivity index (χ1v) is 8.43. The minimum absolute atomic E-state index is 0.0302. The Labute approximate surface area is 146 Å². The summed E-state index contributed by atoms with van der Waals surface area (Å²) in [6.45, 7) is 5.16. The van der Waals surface area contributed by atoms with E-state index in [4.69, 9.17) is 5.73 Å². The first-order chi connectivity index (χ1) is 11.7. The van der Waals surface area contributed by atoms with Crippen molar-refractivity contribution in [3.63, 3.8) is 0 Å². The molecule has 1 aliphatic rings. The van der Waals surface area contributed by atoms with Crippen molar-refractivity contribution >= 4 is 12.3 Å². The van der Waals surface area contributed by atoms with Crippen LogP contribution in [0.4, 0.5) is 8.78 Å². The van der Waals surface area contributed by atoms with Crippen LogP contribution in [-0.4, -0.2) is 42.9 Å². The highest BCUT2D eigenvalue weighted by Crippen LogP contribution is 2.24. The van der Waals surface area contributed by atoms with Crippen LogP contribution in [0.25, 0.3) is 0 Å². The summed E-state index contributed by atoms with van der Waals surface area (Å²) in [7, 11) is 0. The lowest BCUT2D eigenvalue weighted by molar-refractivity contribution is -0.124. The van der Waals surface area contributed by atoms with Crippen LogP contribution in [0.5, 0.6) is 0 Å². The van der Waals surface area contributed by atoms with Crippen LogP contribution in [0.2, 0.25) is 0 Å². The highest BCUT2D eigenvalue weighted by molar-refractivity contribution is 5.82. The van der Waals surface area contributed by atoms with Gasteiger partial charge >= 0.3 is 0 Å². The molecule has 2 amide bonds. The van der Waals surface area contributed by atoms with Gasteiger partial charge in [0.2, 0.25) is 12.3 Å². The van der Waals surface area contributed by atoms with Crippen molar-refractivity contribution in [2.75, 3.05) is 19.6 Å². The zero-order chi connectivity index (χ0) is 18.6. The monoisotopic (exact) mass is 353 g/mol. The fraction of sp³-hybridized carbons (Fsp3) is 0.556. The van der Waals surface area contributed by atoms with Gasteiger partial charge in [0, 0.05) is 25.0 Å². The third-order valence-electron chi connectivity index (χ3n) is 4.94. The van der Waals surface area contributed by atoms with Crippen molar-refractivity contribution in [2.45, 2.75) is 38.1 Å². The quantitative estimate of drug-likeness (QED) is 0.762. The Morgan fingerprint density at radius 1 is 1.36 bits per heavy atom. The maximum absolute atomic E-state index is 13.4. The lowest BCUT2D eigenvalue weighted by atomic mass is 9.84. The largest absolute Gasteiger partial charge is 0.354 e. The number of hydrogen-bond acceptors (Lipinski definition) is 3. The molecule has 2 rings (SSSR count). The Bertz CT molecular complexity index is 629. The molecule has 3 N–H and O–H groups in total. The third-order valence-corrected chi connectivity index (χ3v) is 4.94. The Balaban J connectivity index is 1.91. The van der Waals surface area contributed by atoms with Gasteiger partial charge in [-0.15, -0.1) is 0 Å². The van der Waals surface area contributed by atoms with Crippen LogP contribution in [0.15, 0.2) is 18.2 Å². The normalized spacial score (nSPS) is 17.2. The Morgan fingerprint density at radius 3 is 2.56 bits per heavy atom. The number of carbonyl (C=O) groups is 2. The van der Waals surface area contributed by atoms with E-state index in [1.807, 2.05) is 13.8 Å².